The molecule has 5 heteroatoms. The maximum absolute atomic E-state index is 12.4. The molecule has 0 aliphatic carbocycles. The summed E-state index contributed by atoms with van der Waals surface area (Å²) in [6.45, 7) is 2.02. The summed E-state index contributed by atoms with van der Waals surface area (Å²) in [5, 5.41) is 3.11. The van der Waals surface area contributed by atoms with E-state index in [0.717, 1.165) is 25.8 Å². The van der Waals surface area contributed by atoms with Crippen LogP contribution in [0.15, 0.2) is 41.3 Å². The minimum Gasteiger partial charge on any atom is -0.320 e. The predicted octanol–water partition coefficient (Wildman–Crippen LogP) is 1.79. The van der Waals surface area contributed by atoms with Gasteiger partial charge in [0, 0.05) is 13.1 Å². The molecule has 1 aromatic carbocycles. The van der Waals surface area contributed by atoms with Gasteiger partial charge in [0.25, 0.3) is 0 Å². The van der Waals surface area contributed by atoms with E-state index in [9.17, 15) is 8.42 Å². The number of hydrogen-bond acceptors (Lipinski definition) is 3. The SMILES string of the molecule is CNCCCc1ccc(S(=O)(=O)N2CC=CCC2)cc1. The van der Waals surface area contributed by atoms with E-state index in [-0.39, 0.29) is 0 Å². The molecule has 0 radical (unpaired) electrons. The highest BCUT2D eigenvalue weighted by molar-refractivity contribution is 7.89. The third-order valence-electron chi connectivity index (χ3n) is 3.47. The van der Waals surface area contributed by atoms with E-state index in [0.29, 0.717) is 18.0 Å². The van der Waals surface area contributed by atoms with Gasteiger partial charge in [-0.25, -0.2) is 8.42 Å². The van der Waals surface area contributed by atoms with Crippen LogP contribution in [-0.4, -0.2) is 39.4 Å². The van der Waals surface area contributed by atoms with Crippen LogP contribution >= 0.6 is 0 Å². The second kappa shape index (κ2) is 7.02. The fraction of sp³-hybridized carbons (Fsp3) is 0.467. The second-order valence-electron chi connectivity index (χ2n) is 4.97. The molecular weight excluding hydrogens is 272 g/mol. The van der Waals surface area contributed by atoms with Crippen LogP contribution in [0.4, 0.5) is 0 Å². The highest BCUT2D eigenvalue weighted by Gasteiger charge is 2.23. The van der Waals surface area contributed by atoms with Crippen LogP contribution in [0.2, 0.25) is 0 Å². The first-order chi connectivity index (χ1) is 9.64. The maximum atomic E-state index is 12.4. The van der Waals surface area contributed by atoms with Gasteiger partial charge >= 0.3 is 0 Å². The van der Waals surface area contributed by atoms with Gasteiger partial charge in [0.1, 0.15) is 0 Å². The Morgan fingerprint density at radius 2 is 1.95 bits per heavy atom. The standard InChI is InChI=1S/C15H22N2O2S/c1-16-11-5-6-14-7-9-15(10-8-14)20(18,19)17-12-3-2-4-13-17/h2-3,7-10,16H,4-6,11-13H2,1H3. The summed E-state index contributed by atoms with van der Waals surface area (Å²) >= 11 is 0. The Balaban J connectivity index is 2.06. The van der Waals surface area contributed by atoms with Crippen molar-refractivity contribution in [1.82, 2.24) is 9.62 Å². The van der Waals surface area contributed by atoms with Gasteiger partial charge < -0.3 is 5.32 Å². The van der Waals surface area contributed by atoms with Crippen molar-refractivity contribution in [2.45, 2.75) is 24.2 Å². The van der Waals surface area contributed by atoms with Crippen molar-refractivity contribution in [3.63, 3.8) is 0 Å². The number of nitrogens with one attached hydrogen (secondary N) is 1. The number of sulfonamides is 1. The average Bonchev–Trinajstić information content (AvgIpc) is 2.49. The Bertz CT molecular complexity index is 550. The molecule has 0 fully saturated rings. The molecule has 0 spiro atoms. The van der Waals surface area contributed by atoms with Crippen molar-refractivity contribution >= 4 is 10.0 Å². The summed E-state index contributed by atoms with van der Waals surface area (Å²) in [4.78, 5) is 0.394. The van der Waals surface area contributed by atoms with Crippen molar-refractivity contribution in [2.24, 2.45) is 0 Å². The molecule has 0 atom stereocenters. The van der Waals surface area contributed by atoms with Gasteiger partial charge in [-0.3, -0.25) is 0 Å². The Kier molecular flexibility index (Phi) is 5.34. The molecule has 2 rings (SSSR count). The molecule has 110 valence electrons. The van der Waals surface area contributed by atoms with Crippen LogP contribution in [-0.2, 0) is 16.4 Å². The van der Waals surface area contributed by atoms with Gasteiger partial charge in [0.05, 0.1) is 4.90 Å². The van der Waals surface area contributed by atoms with Crippen LogP contribution in [0, 0.1) is 0 Å². The molecule has 1 aromatic rings. The normalized spacial score (nSPS) is 16.4. The fourth-order valence-electron chi connectivity index (χ4n) is 2.28. The quantitative estimate of drug-likeness (QED) is 0.643. The lowest BCUT2D eigenvalue weighted by Gasteiger charge is -2.22. The van der Waals surface area contributed by atoms with Crippen LogP contribution in [0.3, 0.4) is 0 Å². The van der Waals surface area contributed by atoms with E-state index >= 15 is 0 Å². The molecule has 4 nitrogen and oxygen atoms in total. The zero-order valence-corrected chi connectivity index (χ0v) is 12.7. The van der Waals surface area contributed by atoms with Crippen molar-refractivity contribution in [2.75, 3.05) is 26.7 Å². The summed E-state index contributed by atoms with van der Waals surface area (Å²) < 4.78 is 26.4. The molecule has 0 saturated carbocycles. The topological polar surface area (TPSA) is 49.4 Å². The van der Waals surface area contributed by atoms with Gasteiger partial charge in [-0.2, -0.15) is 4.31 Å². The molecule has 1 heterocycles. The minimum absolute atomic E-state index is 0.394. The van der Waals surface area contributed by atoms with Crippen molar-refractivity contribution in [3.8, 4) is 0 Å². The molecule has 1 aliphatic rings. The lowest BCUT2D eigenvalue weighted by Crippen LogP contribution is -2.33. The molecule has 0 saturated heterocycles. The lowest BCUT2D eigenvalue weighted by atomic mass is 10.1. The molecule has 0 amide bonds. The Labute approximate surface area is 121 Å². The summed E-state index contributed by atoms with van der Waals surface area (Å²) in [5.41, 5.74) is 1.18. The second-order valence-corrected chi connectivity index (χ2v) is 6.91. The van der Waals surface area contributed by atoms with E-state index in [1.54, 1.807) is 12.1 Å². The number of benzene rings is 1. The van der Waals surface area contributed by atoms with E-state index in [1.165, 1.54) is 9.87 Å². The third kappa shape index (κ3) is 3.69. The summed E-state index contributed by atoms with van der Waals surface area (Å²) in [7, 11) is -1.40. The number of aryl methyl sites for hydroxylation is 1. The monoisotopic (exact) mass is 294 g/mol. The zero-order chi connectivity index (χ0) is 14.4. The summed E-state index contributed by atoms with van der Waals surface area (Å²) in [6, 6.07) is 7.29. The number of nitrogens with zero attached hydrogens (tertiary/aromatic N) is 1. The van der Waals surface area contributed by atoms with Crippen LogP contribution < -0.4 is 5.32 Å². The van der Waals surface area contributed by atoms with Crippen molar-refractivity contribution in [1.29, 1.82) is 0 Å². The van der Waals surface area contributed by atoms with E-state index in [4.69, 9.17) is 0 Å². The van der Waals surface area contributed by atoms with Gasteiger partial charge in [0.15, 0.2) is 0 Å². The first-order valence-corrected chi connectivity index (χ1v) is 8.47. The van der Waals surface area contributed by atoms with E-state index < -0.39 is 10.0 Å². The predicted molar refractivity (Wildman–Crippen MR) is 81.2 cm³/mol. The molecule has 20 heavy (non-hydrogen) atoms. The number of hydrogen-bond donors (Lipinski definition) is 1. The average molecular weight is 294 g/mol. The fourth-order valence-corrected chi connectivity index (χ4v) is 3.69. The van der Waals surface area contributed by atoms with Gasteiger partial charge in [-0.05, 0) is 50.6 Å². The van der Waals surface area contributed by atoms with Gasteiger partial charge in [-0.15, -0.1) is 0 Å². The maximum Gasteiger partial charge on any atom is 0.243 e. The molecule has 1 N–H and O–H groups in total. The molecular formula is C15H22N2O2S. The van der Waals surface area contributed by atoms with Crippen LogP contribution in [0.1, 0.15) is 18.4 Å². The van der Waals surface area contributed by atoms with Gasteiger partial charge in [-0.1, -0.05) is 24.3 Å². The third-order valence-corrected chi connectivity index (χ3v) is 5.35. The highest BCUT2D eigenvalue weighted by Crippen LogP contribution is 2.19. The first-order valence-electron chi connectivity index (χ1n) is 7.03. The van der Waals surface area contributed by atoms with Crippen molar-refractivity contribution in [3.05, 3.63) is 42.0 Å². The van der Waals surface area contributed by atoms with Crippen LogP contribution in [0.5, 0.6) is 0 Å². The minimum atomic E-state index is -3.33. The summed E-state index contributed by atoms with van der Waals surface area (Å²) in [5.74, 6) is 0. The Morgan fingerprint density at radius 3 is 2.55 bits per heavy atom. The molecule has 0 aromatic heterocycles. The highest BCUT2D eigenvalue weighted by atomic mass is 32.2. The first kappa shape index (κ1) is 15.2. The zero-order valence-electron chi connectivity index (χ0n) is 11.9. The summed E-state index contributed by atoms with van der Waals surface area (Å²) in [6.07, 6.45) is 6.75. The molecule has 1 aliphatic heterocycles. The molecule has 0 unspecified atom stereocenters. The molecule has 0 bridgehead atoms. The van der Waals surface area contributed by atoms with Crippen LogP contribution in [0.25, 0.3) is 0 Å². The lowest BCUT2D eigenvalue weighted by molar-refractivity contribution is 0.437. The van der Waals surface area contributed by atoms with E-state index in [2.05, 4.69) is 5.32 Å². The smallest absolute Gasteiger partial charge is 0.243 e. The Hall–Kier alpha value is -1.17. The number of rotatable bonds is 6. The van der Waals surface area contributed by atoms with Crippen molar-refractivity contribution < 1.29 is 8.42 Å². The van der Waals surface area contributed by atoms with E-state index in [1.807, 2.05) is 31.3 Å². The Morgan fingerprint density at radius 1 is 1.20 bits per heavy atom. The van der Waals surface area contributed by atoms with Gasteiger partial charge in [0.2, 0.25) is 10.0 Å². The largest absolute Gasteiger partial charge is 0.320 e.